The van der Waals surface area contributed by atoms with Crippen LogP contribution in [0.4, 0.5) is 24.8 Å². The number of anilines is 2. The molecule has 2 aromatic rings. The summed E-state index contributed by atoms with van der Waals surface area (Å²) >= 11 is 0. The number of nitrogens with zero attached hydrogens (tertiary/aromatic N) is 4. The van der Waals surface area contributed by atoms with Gasteiger partial charge in [-0.05, 0) is 50.5 Å². The van der Waals surface area contributed by atoms with Gasteiger partial charge in [-0.15, -0.1) is 0 Å². The van der Waals surface area contributed by atoms with Gasteiger partial charge in [-0.2, -0.15) is 13.2 Å². The lowest BCUT2D eigenvalue weighted by atomic mass is 9.66. The van der Waals surface area contributed by atoms with Crippen LogP contribution >= 0.6 is 0 Å². The predicted octanol–water partition coefficient (Wildman–Crippen LogP) is 3.76. The fourth-order valence-corrected chi connectivity index (χ4v) is 4.50. The first kappa shape index (κ1) is 21.5. The van der Waals surface area contributed by atoms with E-state index >= 15 is 0 Å². The first-order chi connectivity index (χ1) is 14.6. The quantitative estimate of drug-likeness (QED) is 0.736. The third kappa shape index (κ3) is 3.98. The Kier molecular flexibility index (Phi) is 5.41. The van der Waals surface area contributed by atoms with Crippen molar-refractivity contribution < 1.29 is 22.7 Å². The number of amides is 1. The normalized spacial score (nSPS) is 20.5. The van der Waals surface area contributed by atoms with Crippen LogP contribution in [0.1, 0.15) is 29.8 Å². The Hall–Kier alpha value is -2.68. The minimum atomic E-state index is -4.58. The summed E-state index contributed by atoms with van der Waals surface area (Å²) in [5.41, 5.74) is 0.601. The van der Waals surface area contributed by atoms with Gasteiger partial charge >= 0.3 is 6.18 Å². The van der Waals surface area contributed by atoms with Gasteiger partial charge in [-0.3, -0.25) is 4.79 Å². The van der Waals surface area contributed by atoms with Crippen molar-refractivity contribution in [3.05, 3.63) is 47.3 Å². The highest BCUT2D eigenvalue weighted by Crippen LogP contribution is 2.48. The summed E-state index contributed by atoms with van der Waals surface area (Å²) in [5.74, 6) is -0.238. The van der Waals surface area contributed by atoms with Crippen molar-refractivity contribution in [3.8, 4) is 0 Å². The van der Waals surface area contributed by atoms with E-state index in [1.165, 1.54) is 6.92 Å². The van der Waals surface area contributed by atoms with Crippen LogP contribution in [0.15, 0.2) is 30.3 Å². The largest absolute Gasteiger partial charge is 0.433 e. The minimum Gasteiger partial charge on any atom is -0.381 e. The summed E-state index contributed by atoms with van der Waals surface area (Å²) in [7, 11) is 1.69. The number of benzene rings is 1. The van der Waals surface area contributed by atoms with Gasteiger partial charge in [-0.25, -0.2) is 9.97 Å². The Morgan fingerprint density at radius 1 is 1.19 bits per heavy atom. The van der Waals surface area contributed by atoms with Crippen LogP contribution in [0, 0.1) is 19.3 Å². The van der Waals surface area contributed by atoms with E-state index in [0.717, 1.165) is 17.3 Å². The maximum absolute atomic E-state index is 13.6. The smallest absolute Gasteiger partial charge is 0.381 e. The van der Waals surface area contributed by atoms with Crippen LogP contribution in [0.2, 0.25) is 0 Å². The number of halogens is 3. The SMILES string of the molecule is Cc1cccc(N(C)C(=O)C2N(c3nc(C)cc(C(F)(F)F)n3)CC23CCOCC3)c1. The fourth-order valence-electron chi connectivity index (χ4n) is 4.50. The van der Waals surface area contributed by atoms with Crippen molar-refractivity contribution in [1.29, 1.82) is 0 Å². The average Bonchev–Trinajstić information content (AvgIpc) is 2.71. The molecule has 2 saturated heterocycles. The van der Waals surface area contributed by atoms with Crippen LogP contribution in [0.25, 0.3) is 0 Å². The Balaban J connectivity index is 1.70. The molecule has 6 nitrogen and oxygen atoms in total. The van der Waals surface area contributed by atoms with Crippen LogP contribution < -0.4 is 9.80 Å². The molecule has 0 saturated carbocycles. The fraction of sp³-hybridized carbons (Fsp3) is 0.500. The molecule has 31 heavy (non-hydrogen) atoms. The molecule has 1 atom stereocenters. The standard InChI is InChI=1S/C22H25F3N4O2/c1-14-5-4-6-16(11-14)28(3)19(30)18-21(7-9-31-10-8-21)13-29(18)20-26-15(2)12-17(27-20)22(23,24)25/h4-6,11-12,18H,7-10,13H2,1-3H3. The van der Waals surface area contributed by atoms with E-state index in [1.54, 1.807) is 16.8 Å². The molecule has 0 radical (unpaired) electrons. The Morgan fingerprint density at radius 2 is 1.90 bits per heavy atom. The molecule has 1 unspecified atom stereocenters. The zero-order chi connectivity index (χ0) is 22.4. The third-order valence-electron chi connectivity index (χ3n) is 6.21. The van der Waals surface area contributed by atoms with Crippen LogP contribution in [-0.2, 0) is 15.7 Å². The molecule has 4 rings (SSSR count). The second kappa shape index (κ2) is 7.78. The number of ether oxygens (including phenoxy) is 1. The topological polar surface area (TPSA) is 58.6 Å². The second-order valence-corrected chi connectivity index (χ2v) is 8.43. The number of aromatic nitrogens is 2. The number of hydrogen-bond acceptors (Lipinski definition) is 5. The van der Waals surface area contributed by atoms with E-state index in [0.29, 0.717) is 32.6 Å². The highest BCUT2D eigenvalue weighted by molar-refractivity contribution is 6.00. The third-order valence-corrected chi connectivity index (χ3v) is 6.21. The van der Waals surface area contributed by atoms with Crippen LogP contribution in [0.3, 0.4) is 0 Å². The number of hydrogen-bond donors (Lipinski definition) is 0. The van der Waals surface area contributed by atoms with Gasteiger partial charge in [0.05, 0.1) is 0 Å². The summed E-state index contributed by atoms with van der Waals surface area (Å²) < 4.78 is 45.5. The molecule has 1 amide bonds. The van der Waals surface area contributed by atoms with E-state index in [4.69, 9.17) is 4.74 Å². The summed E-state index contributed by atoms with van der Waals surface area (Å²) in [5, 5.41) is 0. The summed E-state index contributed by atoms with van der Waals surface area (Å²) in [6.45, 7) is 4.91. The Morgan fingerprint density at radius 3 is 2.55 bits per heavy atom. The molecular weight excluding hydrogens is 409 g/mol. The molecule has 166 valence electrons. The zero-order valence-corrected chi connectivity index (χ0v) is 17.7. The first-order valence-electron chi connectivity index (χ1n) is 10.2. The number of carbonyl (C=O) groups excluding carboxylic acids is 1. The number of aryl methyl sites for hydroxylation is 2. The lowest BCUT2D eigenvalue weighted by molar-refractivity contribution is -0.141. The molecular formula is C22H25F3N4O2. The van der Waals surface area contributed by atoms with E-state index in [1.807, 2.05) is 31.2 Å². The second-order valence-electron chi connectivity index (χ2n) is 8.43. The number of likely N-dealkylation sites (N-methyl/N-ethyl adjacent to an activating group) is 1. The highest BCUT2D eigenvalue weighted by Gasteiger charge is 2.58. The van der Waals surface area contributed by atoms with Gasteiger partial charge in [0.15, 0.2) is 0 Å². The lowest BCUT2D eigenvalue weighted by Crippen LogP contribution is -2.72. The molecule has 2 aliphatic heterocycles. The van der Waals surface area contributed by atoms with Crippen molar-refractivity contribution in [1.82, 2.24) is 9.97 Å². The molecule has 1 aromatic carbocycles. The molecule has 1 spiro atoms. The summed E-state index contributed by atoms with van der Waals surface area (Å²) in [6, 6.07) is 7.83. The lowest BCUT2D eigenvalue weighted by Gasteiger charge is -2.58. The zero-order valence-electron chi connectivity index (χ0n) is 17.7. The molecule has 0 bridgehead atoms. The van der Waals surface area contributed by atoms with E-state index < -0.39 is 17.9 Å². The molecule has 2 fully saturated rings. The maximum atomic E-state index is 13.6. The van der Waals surface area contributed by atoms with Crippen LogP contribution in [-0.4, -0.2) is 48.7 Å². The van der Waals surface area contributed by atoms with Crippen molar-refractivity contribution >= 4 is 17.5 Å². The molecule has 0 aliphatic carbocycles. The minimum absolute atomic E-state index is 0.0552. The van der Waals surface area contributed by atoms with Gasteiger partial charge < -0.3 is 14.5 Å². The molecule has 9 heteroatoms. The Bertz CT molecular complexity index is 989. The van der Waals surface area contributed by atoms with Gasteiger partial charge in [-0.1, -0.05) is 12.1 Å². The van der Waals surface area contributed by atoms with Crippen molar-refractivity contribution in [3.63, 3.8) is 0 Å². The Labute approximate surface area is 179 Å². The monoisotopic (exact) mass is 434 g/mol. The predicted molar refractivity (Wildman–Crippen MR) is 110 cm³/mol. The highest BCUT2D eigenvalue weighted by atomic mass is 19.4. The molecule has 0 N–H and O–H groups in total. The number of carbonyl (C=O) groups is 1. The average molecular weight is 434 g/mol. The van der Waals surface area contributed by atoms with E-state index in [2.05, 4.69) is 9.97 Å². The van der Waals surface area contributed by atoms with E-state index in [-0.39, 0.29) is 23.0 Å². The molecule has 2 aliphatic rings. The van der Waals surface area contributed by atoms with Crippen molar-refractivity contribution in [2.45, 2.75) is 38.9 Å². The van der Waals surface area contributed by atoms with Gasteiger partial charge in [0.25, 0.3) is 0 Å². The van der Waals surface area contributed by atoms with Crippen molar-refractivity contribution in [2.24, 2.45) is 5.41 Å². The van der Waals surface area contributed by atoms with E-state index in [9.17, 15) is 18.0 Å². The number of rotatable bonds is 3. The van der Waals surface area contributed by atoms with Gasteiger partial charge in [0.2, 0.25) is 11.9 Å². The molecule has 3 heterocycles. The van der Waals surface area contributed by atoms with Gasteiger partial charge in [0, 0.05) is 43.6 Å². The molecule has 1 aromatic heterocycles. The first-order valence-corrected chi connectivity index (χ1v) is 10.2. The van der Waals surface area contributed by atoms with Gasteiger partial charge in [0.1, 0.15) is 11.7 Å². The van der Waals surface area contributed by atoms with Crippen molar-refractivity contribution in [2.75, 3.05) is 36.6 Å². The van der Waals surface area contributed by atoms with Crippen LogP contribution in [0.5, 0.6) is 0 Å². The maximum Gasteiger partial charge on any atom is 0.433 e. The summed E-state index contributed by atoms with van der Waals surface area (Å²) in [4.78, 5) is 24.8. The number of alkyl halides is 3. The summed E-state index contributed by atoms with van der Waals surface area (Å²) in [6.07, 6.45) is -3.25.